The summed E-state index contributed by atoms with van der Waals surface area (Å²) in [6.45, 7) is 2.72. The number of rotatable bonds is 13. The quantitative estimate of drug-likeness (QED) is 0.483. The Morgan fingerprint density at radius 2 is 1.27 bits per heavy atom. The van der Waals surface area contributed by atoms with Gasteiger partial charge in [0.05, 0.1) is 0 Å². The van der Waals surface area contributed by atoms with Gasteiger partial charge in [-0.15, -0.1) is 0 Å². The summed E-state index contributed by atoms with van der Waals surface area (Å²) in [7, 11) is 0. The maximum Gasteiger partial charge on any atom is 0.00629 e. The van der Waals surface area contributed by atoms with Crippen LogP contribution in [0.1, 0.15) is 36.8 Å². The summed E-state index contributed by atoms with van der Waals surface area (Å²) in [5, 5.41) is 3.63. The first-order valence-electron chi connectivity index (χ1n) is 10.0. The fourth-order valence-electron chi connectivity index (χ4n) is 3.33. The van der Waals surface area contributed by atoms with Gasteiger partial charge in [-0.3, -0.25) is 0 Å². The van der Waals surface area contributed by atoms with E-state index >= 15 is 0 Å². The second-order valence-corrected chi connectivity index (χ2v) is 7.24. The second kappa shape index (κ2) is 12.6. The smallest absolute Gasteiger partial charge is 0.00629 e. The van der Waals surface area contributed by atoms with E-state index < -0.39 is 0 Å². The number of hydrogen-bond donors (Lipinski definition) is 3. The lowest BCUT2D eigenvalue weighted by Crippen LogP contribution is -2.31. The fourth-order valence-corrected chi connectivity index (χ4v) is 3.33. The summed E-state index contributed by atoms with van der Waals surface area (Å²) in [5.74, 6) is 0.682. The third-order valence-electron chi connectivity index (χ3n) is 5.03. The van der Waals surface area contributed by atoms with E-state index in [4.69, 9.17) is 11.5 Å². The molecule has 0 aliphatic carbocycles. The van der Waals surface area contributed by atoms with Gasteiger partial charge < -0.3 is 16.8 Å². The van der Waals surface area contributed by atoms with E-state index in [1.165, 1.54) is 24.0 Å². The van der Waals surface area contributed by atoms with Crippen molar-refractivity contribution in [1.82, 2.24) is 5.32 Å². The summed E-state index contributed by atoms with van der Waals surface area (Å²) >= 11 is 0. The molecule has 26 heavy (non-hydrogen) atoms. The molecular formula is C23H35N3. The van der Waals surface area contributed by atoms with Crippen LogP contribution in [0.2, 0.25) is 0 Å². The van der Waals surface area contributed by atoms with Gasteiger partial charge in [-0.05, 0) is 75.2 Å². The SMILES string of the molecule is NCCC(N)CCNCC(CCc1ccccc1)CCc1ccccc1. The third-order valence-corrected chi connectivity index (χ3v) is 5.03. The van der Waals surface area contributed by atoms with Crippen molar-refractivity contribution in [3.05, 3.63) is 71.8 Å². The Labute approximate surface area is 159 Å². The lowest BCUT2D eigenvalue weighted by Gasteiger charge is -2.19. The molecule has 0 saturated carbocycles. The molecule has 0 heterocycles. The Morgan fingerprint density at radius 1 is 0.731 bits per heavy atom. The molecular weight excluding hydrogens is 318 g/mol. The fraction of sp³-hybridized carbons (Fsp3) is 0.478. The Hall–Kier alpha value is -1.68. The molecule has 3 heteroatoms. The number of hydrogen-bond acceptors (Lipinski definition) is 3. The highest BCUT2D eigenvalue weighted by atomic mass is 14.9. The minimum atomic E-state index is 0.222. The summed E-state index contributed by atoms with van der Waals surface area (Å²) in [4.78, 5) is 0. The van der Waals surface area contributed by atoms with Crippen LogP contribution in [-0.2, 0) is 12.8 Å². The molecule has 0 amide bonds. The Bertz CT molecular complexity index is 527. The van der Waals surface area contributed by atoms with Gasteiger partial charge in [-0.1, -0.05) is 60.7 Å². The molecule has 0 aliphatic rings. The summed E-state index contributed by atoms with van der Waals surface area (Å²) in [6.07, 6.45) is 6.65. The first kappa shape index (κ1) is 20.6. The van der Waals surface area contributed by atoms with E-state index in [2.05, 4.69) is 66.0 Å². The molecule has 1 unspecified atom stereocenters. The van der Waals surface area contributed by atoms with Gasteiger partial charge in [0.15, 0.2) is 0 Å². The molecule has 0 bridgehead atoms. The molecule has 142 valence electrons. The molecule has 0 radical (unpaired) electrons. The van der Waals surface area contributed by atoms with Gasteiger partial charge in [0.25, 0.3) is 0 Å². The second-order valence-electron chi connectivity index (χ2n) is 7.24. The first-order valence-corrected chi connectivity index (χ1v) is 10.0. The number of aryl methyl sites for hydroxylation is 2. The van der Waals surface area contributed by atoms with Crippen LogP contribution in [0.3, 0.4) is 0 Å². The monoisotopic (exact) mass is 353 g/mol. The maximum atomic E-state index is 6.05. The van der Waals surface area contributed by atoms with Crippen molar-refractivity contribution in [3.8, 4) is 0 Å². The molecule has 2 aromatic carbocycles. The van der Waals surface area contributed by atoms with Crippen LogP contribution < -0.4 is 16.8 Å². The van der Waals surface area contributed by atoms with Crippen molar-refractivity contribution in [3.63, 3.8) is 0 Å². The van der Waals surface area contributed by atoms with Crippen LogP contribution in [0.15, 0.2) is 60.7 Å². The van der Waals surface area contributed by atoms with Crippen molar-refractivity contribution in [1.29, 1.82) is 0 Å². The van der Waals surface area contributed by atoms with E-state index in [0.29, 0.717) is 12.5 Å². The summed E-state index contributed by atoms with van der Waals surface area (Å²) in [6, 6.07) is 21.8. The zero-order valence-corrected chi connectivity index (χ0v) is 15.9. The minimum absolute atomic E-state index is 0.222. The minimum Gasteiger partial charge on any atom is -0.330 e. The highest BCUT2D eigenvalue weighted by Gasteiger charge is 2.10. The molecule has 1 atom stereocenters. The van der Waals surface area contributed by atoms with Gasteiger partial charge in [-0.2, -0.15) is 0 Å². The van der Waals surface area contributed by atoms with Crippen molar-refractivity contribution in [2.75, 3.05) is 19.6 Å². The number of benzene rings is 2. The van der Waals surface area contributed by atoms with E-state index in [-0.39, 0.29) is 6.04 Å². The summed E-state index contributed by atoms with van der Waals surface area (Å²) < 4.78 is 0. The maximum absolute atomic E-state index is 6.05. The standard InChI is InChI=1S/C23H35N3/c24-17-15-23(25)16-18-26-19-22(13-11-20-7-3-1-4-8-20)14-12-21-9-5-2-6-10-21/h1-10,22-23,26H,11-19,24-25H2. The topological polar surface area (TPSA) is 64.1 Å². The molecule has 0 fully saturated rings. The highest BCUT2D eigenvalue weighted by Crippen LogP contribution is 2.16. The number of nitrogens with one attached hydrogen (secondary N) is 1. The van der Waals surface area contributed by atoms with Gasteiger partial charge in [0, 0.05) is 6.04 Å². The first-order chi connectivity index (χ1) is 12.8. The van der Waals surface area contributed by atoms with Crippen LogP contribution in [0, 0.1) is 5.92 Å². The predicted molar refractivity (Wildman–Crippen MR) is 112 cm³/mol. The molecule has 5 N–H and O–H groups in total. The molecule has 0 aromatic heterocycles. The van der Waals surface area contributed by atoms with Crippen molar-refractivity contribution in [2.45, 2.75) is 44.6 Å². The highest BCUT2D eigenvalue weighted by molar-refractivity contribution is 5.16. The van der Waals surface area contributed by atoms with Crippen LogP contribution in [0.5, 0.6) is 0 Å². The Morgan fingerprint density at radius 3 is 1.77 bits per heavy atom. The van der Waals surface area contributed by atoms with Crippen LogP contribution >= 0.6 is 0 Å². The molecule has 0 spiro atoms. The Balaban J connectivity index is 1.77. The summed E-state index contributed by atoms with van der Waals surface area (Å²) in [5.41, 5.74) is 14.5. The van der Waals surface area contributed by atoms with Crippen LogP contribution in [0.4, 0.5) is 0 Å². The van der Waals surface area contributed by atoms with Crippen molar-refractivity contribution in [2.24, 2.45) is 17.4 Å². The molecule has 3 nitrogen and oxygen atoms in total. The van der Waals surface area contributed by atoms with Crippen molar-refractivity contribution >= 4 is 0 Å². The molecule has 2 rings (SSSR count). The Kier molecular flexibility index (Phi) is 10.0. The van der Waals surface area contributed by atoms with E-state index in [0.717, 1.165) is 38.8 Å². The van der Waals surface area contributed by atoms with Gasteiger partial charge in [-0.25, -0.2) is 0 Å². The average molecular weight is 354 g/mol. The van der Waals surface area contributed by atoms with E-state index in [1.807, 2.05) is 0 Å². The zero-order chi connectivity index (χ0) is 18.5. The normalized spacial score (nSPS) is 12.4. The van der Waals surface area contributed by atoms with Crippen LogP contribution in [0.25, 0.3) is 0 Å². The lowest BCUT2D eigenvalue weighted by atomic mass is 9.93. The van der Waals surface area contributed by atoms with E-state index in [1.54, 1.807) is 0 Å². The van der Waals surface area contributed by atoms with Crippen LogP contribution in [-0.4, -0.2) is 25.7 Å². The largest absolute Gasteiger partial charge is 0.330 e. The average Bonchev–Trinajstić information content (AvgIpc) is 2.68. The van der Waals surface area contributed by atoms with Gasteiger partial charge in [0.1, 0.15) is 0 Å². The van der Waals surface area contributed by atoms with Gasteiger partial charge in [0.2, 0.25) is 0 Å². The predicted octanol–water partition coefficient (Wildman–Crippen LogP) is 3.52. The number of nitrogens with two attached hydrogens (primary N) is 2. The van der Waals surface area contributed by atoms with Crippen molar-refractivity contribution < 1.29 is 0 Å². The molecule has 2 aromatic rings. The molecule has 0 aliphatic heterocycles. The lowest BCUT2D eigenvalue weighted by molar-refractivity contribution is 0.410. The molecule has 0 saturated heterocycles. The zero-order valence-electron chi connectivity index (χ0n) is 15.9. The third kappa shape index (κ3) is 8.61. The van der Waals surface area contributed by atoms with E-state index in [9.17, 15) is 0 Å². The van der Waals surface area contributed by atoms with Gasteiger partial charge >= 0.3 is 0 Å².